The van der Waals surface area contributed by atoms with Crippen LogP contribution in [0.4, 0.5) is 0 Å². The van der Waals surface area contributed by atoms with Gasteiger partial charge in [-0.15, -0.1) is 0 Å². The van der Waals surface area contributed by atoms with Gasteiger partial charge in [0.05, 0.1) is 5.75 Å². The molecule has 0 aliphatic heterocycles. The summed E-state index contributed by atoms with van der Waals surface area (Å²) < 4.78 is 30.3. The molecule has 0 aromatic heterocycles. The standard InChI is InChI=1S/C11H16O3S/c1-2-10(9-15(12,13)14)8-11-6-4-3-5-7-11/h3-7,10H,2,8-9H2,1H3,(H,12,13,14). The first-order chi connectivity index (χ1) is 7.01. The molecule has 3 nitrogen and oxygen atoms in total. The molecule has 0 radical (unpaired) electrons. The Kier molecular flexibility index (Phi) is 4.29. The summed E-state index contributed by atoms with van der Waals surface area (Å²) in [7, 11) is -3.86. The largest absolute Gasteiger partial charge is 0.286 e. The minimum absolute atomic E-state index is 0.0117. The molecule has 1 atom stereocenters. The maximum Gasteiger partial charge on any atom is 0.265 e. The fourth-order valence-corrected chi connectivity index (χ4v) is 2.52. The van der Waals surface area contributed by atoms with Crippen LogP contribution >= 0.6 is 0 Å². The summed E-state index contributed by atoms with van der Waals surface area (Å²) in [4.78, 5) is 0. The molecule has 0 aliphatic carbocycles. The maximum absolute atomic E-state index is 10.7. The second kappa shape index (κ2) is 5.28. The van der Waals surface area contributed by atoms with Gasteiger partial charge in [0.25, 0.3) is 10.1 Å². The zero-order valence-corrected chi connectivity index (χ0v) is 9.57. The quantitative estimate of drug-likeness (QED) is 0.785. The van der Waals surface area contributed by atoms with Crippen molar-refractivity contribution < 1.29 is 13.0 Å². The topological polar surface area (TPSA) is 54.4 Å². The molecule has 0 saturated heterocycles. The highest BCUT2D eigenvalue weighted by atomic mass is 32.2. The fourth-order valence-electron chi connectivity index (χ4n) is 1.57. The van der Waals surface area contributed by atoms with Crippen LogP contribution in [0.2, 0.25) is 0 Å². The van der Waals surface area contributed by atoms with Crippen molar-refractivity contribution >= 4 is 10.1 Å². The average Bonchev–Trinajstić information content (AvgIpc) is 2.16. The van der Waals surface area contributed by atoms with Crippen LogP contribution in [0.5, 0.6) is 0 Å². The predicted molar refractivity (Wildman–Crippen MR) is 60.3 cm³/mol. The molecular weight excluding hydrogens is 212 g/mol. The third kappa shape index (κ3) is 4.95. The van der Waals surface area contributed by atoms with Crippen molar-refractivity contribution in [1.82, 2.24) is 0 Å². The van der Waals surface area contributed by atoms with E-state index in [-0.39, 0.29) is 11.7 Å². The normalized spacial score (nSPS) is 13.7. The highest BCUT2D eigenvalue weighted by Gasteiger charge is 2.15. The van der Waals surface area contributed by atoms with E-state index in [4.69, 9.17) is 4.55 Å². The summed E-state index contributed by atoms with van der Waals surface area (Å²) in [6.07, 6.45) is 1.44. The van der Waals surface area contributed by atoms with E-state index >= 15 is 0 Å². The third-order valence-corrected chi connectivity index (χ3v) is 3.28. The van der Waals surface area contributed by atoms with Crippen molar-refractivity contribution in [2.24, 2.45) is 5.92 Å². The molecule has 0 aliphatic rings. The van der Waals surface area contributed by atoms with Crippen LogP contribution in [0.3, 0.4) is 0 Å². The average molecular weight is 228 g/mol. The zero-order valence-electron chi connectivity index (χ0n) is 8.76. The van der Waals surface area contributed by atoms with Crippen molar-refractivity contribution in [3.63, 3.8) is 0 Å². The fraction of sp³-hybridized carbons (Fsp3) is 0.455. The van der Waals surface area contributed by atoms with Crippen LogP contribution in [-0.4, -0.2) is 18.7 Å². The molecule has 1 unspecified atom stereocenters. The van der Waals surface area contributed by atoms with Gasteiger partial charge in [0.2, 0.25) is 0 Å². The van der Waals surface area contributed by atoms with E-state index in [1.54, 1.807) is 0 Å². The minimum atomic E-state index is -3.86. The maximum atomic E-state index is 10.7. The first-order valence-corrected chi connectivity index (χ1v) is 6.61. The van der Waals surface area contributed by atoms with Crippen LogP contribution in [0.15, 0.2) is 30.3 Å². The van der Waals surface area contributed by atoms with Gasteiger partial charge in [0.1, 0.15) is 0 Å². The van der Waals surface area contributed by atoms with Crippen molar-refractivity contribution in [2.75, 3.05) is 5.75 Å². The van der Waals surface area contributed by atoms with Crippen molar-refractivity contribution in [3.8, 4) is 0 Å². The van der Waals surface area contributed by atoms with Crippen molar-refractivity contribution in [3.05, 3.63) is 35.9 Å². The minimum Gasteiger partial charge on any atom is -0.286 e. The van der Waals surface area contributed by atoms with Gasteiger partial charge in [-0.2, -0.15) is 8.42 Å². The second-order valence-corrected chi connectivity index (χ2v) is 5.21. The summed E-state index contributed by atoms with van der Waals surface area (Å²) in [6.45, 7) is 1.93. The smallest absolute Gasteiger partial charge is 0.265 e. The van der Waals surface area contributed by atoms with Crippen LogP contribution in [-0.2, 0) is 16.5 Å². The molecular formula is C11H16O3S. The van der Waals surface area contributed by atoms with E-state index in [1.165, 1.54) is 0 Å². The van der Waals surface area contributed by atoms with Gasteiger partial charge in [-0.1, -0.05) is 43.7 Å². The molecule has 0 bridgehead atoms. The van der Waals surface area contributed by atoms with Crippen LogP contribution < -0.4 is 0 Å². The van der Waals surface area contributed by atoms with Gasteiger partial charge < -0.3 is 0 Å². The molecule has 84 valence electrons. The Morgan fingerprint density at radius 2 is 1.87 bits per heavy atom. The van der Waals surface area contributed by atoms with Crippen LogP contribution in [0.1, 0.15) is 18.9 Å². The summed E-state index contributed by atoms with van der Waals surface area (Å²) in [5.74, 6) is -0.166. The second-order valence-electron chi connectivity index (χ2n) is 3.71. The van der Waals surface area contributed by atoms with Crippen LogP contribution in [0, 0.1) is 5.92 Å². The van der Waals surface area contributed by atoms with Gasteiger partial charge in [-0.05, 0) is 17.9 Å². The molecule has 4 heteroatoms. The van der Waals surface area contributed by atoms with E-state index in [1.807, 2.05) is 37.3 Å². The Morgan fingerprint density at radius 3 is 2.33 bits per heavy atom. The lowest BCUT2D eigenvalue weighted by Crippen LogP contribution is -2.16. The Morgan fingerprint density at radius 1 is 1.27 bits per heavy atom. The highest BCUT2D eigenvalue weighted by Crippen LogP contribution is 2.13. The molecule has 1 aromatic carbocycles. The van der Waals surface area contributed by atoms with Gasteiger partial charge in [-0.3, -0.25) is 4.55 Å². The number of hydrogen-bond acceptors (Lipinski definition) is 2. The third-order valence-electron chi connectivity index (χ3n) is 2.39. The predicted octanol–water partition coefficient (Wildman–Crippen LogP) is 2.14. The molecule has 0 amide bonds. The van der Waals surface area contributed by atoms with Gasteiger partial charge >= 0.3 is 0 Å². The molecule has 0 spiro atoms. The van der Waals surface area contributed by atoms with Gasteiger partial charge in [0.15, 0.2) is 0 Å². The SMILES string of the molecule is CCC(Cc1ccccc1)CS(=O)(=O)O. The van der Waals surface area contributed by atoms with E-state index < -0.39 is 10.1 Å². The Balaban J connectivity index is 2.63. The molecule has 15 heavy (non-hydrogen) atoms. The number of rotatable bonds is 5. The number of hydrogen-bond donors (Lipinski definition) is 1. The summed E-state index contributed by atoms with van der Waals surface area (Å²) in [6, 6.07) is 9.71. The van der Waals surface area contributed by atoms with Gasteiger partial charge in [0, 0.05) is 0 Å². The summed E-state index contributed by atoms with van der Waals surface area (Å²) in [5, 5.41) is 0. The molecule has 1 rings (SSSR count). The Hall–Kier alpha value is -0.870. The molecule has 0 heterocycles. The summed E-state index contributed by atoms with van der Waals surface area (Å²) >= 11 is 0. The first-order valence-electron chi connectivity index (χ1n) is 5.00. The lowest BCUT2D eigenvalue weighted by atomic mass is 9.99. The van der Waals surface area contributed by atoms with Crippen molar-refractivity contribution in [2.45, 2.75) is 19.8 Å². The first kappa shape index (κ1) is 12.2. The molecule has 0 saturated carbocycles. The Bertz CT molecular complexity index is 384. The molecule has 1 aromatic rings. The molecule has 1 N–H and O–H groups in total. The Labute approximate surface area is 90.9 Å². The van der Waals surface area contributed by atoms with E-state index in [2.05, 4.69) is 0 Å². The van der Waals surface area contributed by atoms with E-state index in [9.17, 15) is 8.42 Å². The van der Waals surface area contributed by atoms with E-state index in [0.717, 1.165) is 12.0 Å². The van der Waals surface area contributed by atoms with E-state index in [0.29, 0.717) is 6.42 Å². The van der Waals surface area contributed by atoms with Gasteiger partial charge in [-0.25, -0.2) is 0 Å². The highest BCUT2D eigenvalue weighted by molar-refractivity contribution is 7.85. The monoisotopic (exact) mass is 228 g/mol. The van der Waals surface area contributed by atoms with Crippen molar-refractivity contribution in [1.29, 1.82) is 0 Å². The zero-order chi connectivity index (χ0) is 11.3. The molecule has 0 fully saturated rings. The number of benzene rings is 1. The lowest BCUT2D eigenvalue weighted by Gasteiger charge is -2.12. The summed E-state index contributed by atoms with van der Waals surface area (Å²) in [5.41, 5.74) is 1.10. The lowest BCUT2D eigenvalue weighted by molar-refractivity contribution is 0.458. The van der Waals surface area contributed by atoms with Crippen LogP contribution in [0.25, 0.3) is 0 Å².